The van der Waals surface area contributed by atoms with Crippen LogP contribution >= 0.6 is 0 Å². The number of nitrogens with zero attached hydrogens (tertiary/aromatic N) is 2. The lowest BCUT2D eigenvalue weighted by molar-refractivity contribution is 0.287. The number of sulfone groups is 1. The molecule has 2 rings (SSSR count). The molecule has 1 N–H and O–H groups in total. The van der Waals surface area contributed by atoms with Gasteiger partial charge in [-0.15, -0.1) is 0 Å². The third-order valence-electron chi connectivity index (χ3n) is 2.57. The molecule has 0 fully saturated rings. The minimum absolute atomic E-state index is 0.0483. The molecule has 7 heteroatoms. The molecule has 0 aromatic carbocycles. The number of fused-ring (bicyclic) bond motifs is 1. The predicted octanol–water partition coefficient (Wildman–Crippen LogP) is -0.161. The normalized spacial score (nSPS) is 16.8. The second-order valence-electron chi connectivity index (χ2n) is 3.93. The van der Waals surface area contributed by atoms with Gasteiger partial charge in [0.15, 0.2) is 9.84 Å². The lowest BCUT2D eigenvalue weighted by Crippen LogP contribution is -2.04. The molecule has 6 nitrogen and oxygen atoms in total. The van der Waals surface area contributed by atoms with Gasteiger partial charge in [0.25, 0.3) is 0 Å². The summed E-state index contributed by atoms with van der Waals surface area (Å²) in [5, 5.41) is 8.75. The Bertz CT molecular complexity index is 527. The number of rotatable bonds is 4. The molecule has 2 heterocycles. The molecule has 0 amide bonds. The number of hydrogen-bond donors (Lipinski definition) is 1. The zero-order chi connectivity index (χ0) is 12.5. The van der Waals surface area contributed by atoms with Crippen LogP contribution in [0.5, 0.6) is 5.88 Å². The molecule has 0 spiro atoms. The third-order valence-corrected chi connectivity index (χ3v) is 4.02. The number of methoxy groups -OCH3 is 1. The molecular weight excluding hydrogens is 244 g/mol. The molecule has 1 aliphatic heterocycles. The maximum absolute atomic E-state index is 11.5. The van der Waals surface area contributed by atoms with Crippen LogP contribution in [0.1, 0.15) is 23.5 Å². The average molecular weight is 258 g/mol. The van der Waals surface area contributed by atoms with Crippen molar-refractivity contribution in [1.82, 2.24) is 9.97 Å². The van der Waals surface area contributed by atoms with E-state index in [2.05, 4.69) is 9.97 Å². The Morgan fingerprint density at radius 1 is 1.35 bits per heavy atom. The number of aliphatic hydroxyl groups is 1. The second-order valence-corrected chi connectivity index (χ2v) is 6.00. The Hall–Kier alpha value is -1.21. The molecular formula is C10H14N2O4S. The van der Waals surface area contributed by atoms with E-state index in [1.54, 1.807) is 0 Å². The Kier molecular flexibility index (Phi) is 3.30. The highest BCUT2D eigenvalue weighted by atomic mass is 32.2. The maximum Gasteiger partial charge on any atom is 0.220 e. The van der Waals surface area contributed by atoms with Gasteiger partial charge >= 0.3 is 0 Å². The number of ether oxygens (including phenoxy) is 1. The van der Waals surface area contributed by atoms with E-state index in [0.717, 1.165) is 0 Å². The van der Waals surface area contributed by atoms with E-state index in [1.165, 1.54) is 7.11 Å². The third kappa shape index (κ3) is 2.55. The van der Waals surface area contributed by atoms with Crippen molar-refractivity contribution in [3.8, 4) is 5.88 Å². The topological polar surface area (TPSA) is 89.4 Å². The summed E-state index contributed by atoms with van der Waals surface area (Å²) in [7, 11) is -1.65. The summed E-state index contributed by atoms with van der Waals surface area (Å²) in [5.74, 6) is 0.759. The van der Waals surface area contributed by atoms with Crippen molar-refractivity contribution in [2.75, 3.05) is 13.7 Å². The summed E-state index contributed by atoms with van der Waals surface area (Å²) in [6, 6.07) is 0. The van der Waals surface area contributed by atoms with Crippen LogP contribution in [0, 0.1) is 0 Å². The number of aliphatic hydroxyl groups excluding tert-OH is 1. The lowest BCUT2D eigenvalue weighted by Gasteiger charge is -2.07. The minimum Gasteiger partial charge on any atom is -0.481 e. The molecule has 1 aliphatic rings. The highest BCUT2D eigenvalue weighted by molar-refractivity contribution is 7.90. The summed E-state index contributed by atoms with van der Waals surface area (Å²) in [6.45, 7) is 0.0566. The second kappa shape index (κ2) is 4.58. The fourth-order valence-corrected chi connectivity index (χ4v) is 3.31. The Morgan fingerprint density at radius 3 is 2.76 bits per heavy atom. The fraction of sp³-hybridized carbons (Fsp3) is 0.600. The van der Waals surface area contributed by atoms with Crippen molar-refractivity contribution in [1.29, 1.82) is 0 Å². The molecule has 0 atom stereocenters. The minimum atomic E-state index is -3.11. The Morgan fingerprint density at radius 2 is 2.12 bits per heavy atom. The van der Waals surface area contributed by atoms with E-state index < -0.39 is 9.84 Å². The van der Waals surface area contributed by atoms with Gasteiger partial charge < -0.3 is 9.84 Å². The van der Waals surface area contributed by atoms with Gasteiger partial charge in [0.05, 0.1) is 29.9 Å². The van der Waals surface area contributed by atoms with Crippen LogP contribution in [-0.2, 0) is 27.8 Å². The molecule has 0 unspecified atom stereocenters. The summed E-state index contributed by atoms with van der Waals surface area (Å²) < 4.78 is 28.1. The number of hydrogen-bond acceptors (Lipinski definition) is 6. The van der Waals surface area contributed by atoms with Crippen molar-refractivity contribution >= 4 is 9.84 Å². The summed E-state index contributed by atoms with van der Waals surface area (Å²) in [6.07, 6.45) is 1.06. The summed E-state index contributed by atoms with van der Waals surface area (Å²) >= 11 is 0. The van der Waals surface area contributed by atoms with Crippen LogP contribution in [0.25, 0.3) is 0 Å². The van der Waals surface area contributed by atoms with E-state index in [9.17, 15) is 8.42 Å². The van der Waals surface area contributed by atoms with Crippen molar-refractivity contribution in [3.63, 3.8) is 0 Å². The molecule has 0 aliphatic carbocycles. The molecule has 94 valence electrons. The lowest BCUT2D eigenvalue weighted by atomic mass is 10.2. The molecule has 1 aromatic heterocycles. The molecule has 17 heavy (non-hydrogen) atoms. The van der Waals surface area contributed by atoms with Gasteiger partial charge in [-0.1, -0.05) is 0 Å². The van der Waals surface area contributed by atoms with E-state index in [4.69, 9.17) is 9.84 Å². The smallest absolute Gasteiger partial charge is 0.220 e. The van der Waals surface area contributed by atoms with Crippen LogP contribution < -0.4 is 4.74 Å². The number of aromatic nitrogens is 2. The van der Waals surface area contributed by atoms with Gasteiger partial charge in [-0.25, -0.2) is 13.4 Å². The first-order valence-corrected chi connectivity index (χ1v) is 7.12. The van der Waals surface area contributed by atoms with Crippen molar-refractivity contribution in [3.05, 3.63) is 17.1 Å². The van der Waals surface area contributed by atoms with Gasteiger partial charge in [-0.05, 0) is 6.42 Å². The van der Waals surface area contributed by atoms with Crippen molar-refractivity contribution in [2.24, 2.45) is 0 Å². The van der Waals surface area contributed by atoms with E-state index >= 15 is 0 Å². The Balaban J connectivity index is 2.38. The van der Waals surface area contributed by atoms with E-state index in [0.29, 0.717) is 35.8 Å². The van der Waals surface area contributed by atoms with Crippen LogP contribution in [0.15, 0.2) is 0 Å². The first kappa shape index (κ1) is 12.3. The monoisotopic (exact) mass is 258 g/mol. The first-order chi connectivity index (χ1) is 8.05. The van der Waals surface area contributed by atoms with Crippen LogP contribution in [0.4, 0.5) is 0 Å². The molecule has 0 radical (unpaired) electrons. The summed E-state index contributed by atoms with van der Waals surface area (Å²) in [4.78, 5) is 8.37. The number of aryl methyl sites for hydroxylation is 1. The molecule has 0 bridgehead atoms. The van der Waals surface area contributed by atoms with Gasteiger partial charge in [0, 0.05) is 13.0 Å². The zero-order valence-electron chi connectivity index (χ0n) is 9.51. The van der Waals surface area contributed by atoms with Gasteiger partial charge in [0.1, 0.15) is 5.82 Å². The zero-order valence-corrected chi connectivity index (χ0v) is 10.3. The standard InChI is InChI=1S/C10H14N2O4S/c1-16-10-7-5-17(14,15)6-8(7)11-9(12-10)3-2-4-13/h13H,2-6H2,1H3. The largest absolute Gasteiger partial charge is 0.481 e. The van der Waals surface area contributed by atoms with E-state index in [-0.39, 0.29) is 18.1 Å². The molecule has 1 aromatic rings. The van der Waals surface area contributed by atoms with Crippen molar-refractivity contribution < 1.29 is 18.3 Å². The fourth-order valence-electron chi connectivity index (χ4n) is 1.82. The van der Waals surface area contributed by atoms with Crippen LogP contribution in [0.2, 0.25) is 0 Å². The summed E-state index contributed by atoms with van der Waals surface area (Å²) in [5.41, 5.74) is 1.10. The van der Waals surface area contributed by atoms with Gasteiger partial charge in [-0.2, -0.15) is 4.98 Å². The Labute approximate surface area is 99.6 Å². The van der Waals surface area contributed by atoms with Crippen molar-refractivity contribution in [2.45, 2.75) is 24.3 Å². The molecule has 0 saturated heterocycles. The van der Waals surface area contributed by atoms with E-state index in [1.807, 2.05) is 0 Å². The average Bonchev–Trinajstić information content (AvgIpc) is 2.59. The maximum atomic E-state index is 11.5. The SMILES string of the molecule is COc1nc(CCCO)nc2c1CS(=O)(=O)C2. The predicted molar refractivity (Wildman–Crippen MR) is 60.3 cm³/mol. The van der Waals surface area contributed by atoms with Crippen LogP contribution in [-0.4, -0.2) is 37.2 Å². The molecule has 0 saturated carbocycles. The highest BCUT2D eigenvalue weighted by Crippen LogP contribution is 2.30. The van der Waals surface area contributed by atoms with Gasteiger partial charge in [0.2, 0.25) is 5.88 Å². The highest BCUT2D eigenvalue weighted by Gasteiger charge is 2.30. The van der Waals surface area contributed by atoms with Gasteiger partial charge in [-0.3, -0.25) is 0 Å². The quantitative estimate of drug-likeness (QED) is 0.807. The van der Waals surface area contributed by atoms with Crippen LogP contribution in [0.3, 0.4) is 0 Å². The first-order valence-electron chi connectivity index (χ1n) is 5.29.